The Hall–Kier alpha value is -1.20. The molecule has 0 aliphatic carbocycles. The lowest BCUT2D eigenvalue weighted by Crippen LogP contribution is -2.34. The molecule has 0 aliphatic rings. The Morgan fingerprint density at radius 2 is 1.95 bits per heavy atom. The summed E-state index contributed by atoms with van der Waals surface area (Å²) in [7, 11) is 1.71. The van der Waals surface area contributed by atoms with Crippen molar-refractivity contribution in [3.8, 4) is 0 Å². The Bertz CT molecular complexity index is 351. The topological polar surface area (TPSA) is 50.3 Å². The van der Waals surface area contributed by atoms with E-state index >= 15 is 0 Å². The largest absolute Gasteiger partial charge is 0.383 e. The van der Waals surface area contributed by atoms with Crippen LogP contribution in [0.1, 0.15) is 33.4 Å². The molecule has 0 aliphatic heterocycles. The Labute approximate surface area is 116 Å². The highest BCUT2D eigenvalue weighted by Gasteiger charge is 2.12. The molecule has 1 aromatic heterocycles. The zero-order valence-electron chi connectivity index (χ0n) is 12.7. The third-order valence-electron chi connectivity index (χ3n) is 2.84. The van der Waals surface area contributed by atoms with Crippen molar-refractivity contribution in [1.82, 2.24) is 15.3 Å². The number of anilines is 1. The van der Waals surface area contributed by atoms with Crippen LogP contribution in [-0.2, 0) is 11.3 Å². The first-order valence-corrected chi connectivity index (χ1v) is 6.84. The summed E-state index contributed by atoms with van der Waals surface area (Å²) in [5.41, 5.74) is 0.966. The summed E-state index contributed by atoms with van der Waals surface area (Å²) in [5, 5.41) is 3.33. The van der Waals surface area contributed by atoms with Crippen molar-refractivity contribution in [2.45, 2.75) is 46.3 Å². The Kier molecular flexibility index (Phi) is 6.73. The van der Waals surface area contributed by atoms with Crippen LogP contribution in [0.3, 0.4) is 0 Å². The van der Waals surface area contributed by atoms with Crippen molar-refractivity contribution in [2.24, 2.45) is 0 Å². The van der Waals surface area contributed by atoms with Crippen LogP contribution >= 0.6 is 0 Å². The van der Waals surface area contributed by atoms with Gasteiger partial charge in [0.2, 0.25) is 0 Å². The molecule has 0 amide bonds. The molecule has 5 nitrogen and oxygen atoms in total. The predicted molar refractivity (Wildman–Crippen MR) is 78.4 cm³/mol. The highest BCUT2D eigenvalue weighted by Crippen LogP contribution is 2.12. The molecular formula is C14H26N4O. The quantitative estimate of drug-likeness (QED) is 0.778. The molecule has 1 heterocycles. The minimum atomic E-state index is 0.379. The van der Waals surface area contributed by atoms with Crippen LogP contribution in [0.5, 0.6) is 0 Å². The molecule has 19 heavy (non-hydrogen) atoms. The first-order chi connectivity index (χ1) is 9.04. The summed E-state index contributed by atoms with van der Waals surface area (Å²) < 4.78 is 5.13. The van der Waals surface area contributed by atoms with Crippen LogP contribution in [0, 0.1) is 0 Å². The maximum atomic E-state index is 5.13. The highest BCUT2D eigenvalue weighted by atomic mass is 16.5. The molecule has 0 unspecified atom stereocenters. The van der Waals surface area contributed by atoms with Gasteiger partial charge in [-0.3, -0.25) is 4.98 Å². The number of nitrogens with zero attached hydrogens (tertiary/aromatic N) is 3. The molecular weight excluding hydrogens is 240 g/mol. The smallest absolute Gasteiger partial charge is 0.147 e. The van der Waals surface area contributed by atoms with E-state index in [1.54, 1.807) is 7.11 Å². The van der Waals surface area contributed by atoms with E-state index in [0.717, 1.165) is 24.6 Å². The van der Waals surface area contributed by atoms with Gasteiger partial charge in [-0.05, 0) is 13.8 Å². The summed E-state index contributed by atoms with van der Waals surface area (Å²) in [6, 6.07) is 0.833. The fourth-order valence-corrected chi connectivity index (χ4v) is 1.72. The normalized spacial score (nSPS) is 11.3. The molecule has 0 spiro atoms. The summed E-state index contributed by atoms with van der Waals surface area (Å²) >= 11 is 0. The van der Waals surface area contributed by atoms with E-state index in [-0.39, 0.29) is 0 Å². The van der Waals surface area contributed by atoms with Gasteiger partial charge >= 0.3 is 0 Å². The third kappa shape index (κ3) is 5.53. The maximum Gasteiger partial charge on any atom is 0.147 e. The number of aromatic nitrogens is 2. The number of nitrogens with one attached hydrogen (secondary N) is 1. The molecule has 0 atom stereocenters. The second-order valence-electron chi connectivity index (χ2n) is 5.18. The molecule has 1 rings (SSSR count). The van der Waals surface area contributed by atoms with Gasteiger partial charge in [-0.15, -0.1) is 0 Å². The van der Waals surface area contributed by atoms with Gasteiger partial charge in [0.25, 0.3) is 0 Å². The van der Waals surface area contributed by atoms with Crippen LogP contribution in [-0.4, -0.2) is 42.3 Å². The molecule has 5 heteroatoms. The SMILES string of the molecule is COCCN(c1cnc(CNC(C)C)cn1)C(C)C. The standard InChI is InChI=1S/C14H26N4O/c1-11(2)15-8-13-9-17-14(10-16-13)18(12(3)4)6-7-19-5/h9-12,15H,6-8H2,1-5H3. The average Bonchev–Trinajstić information content (AvgIpc) is 2.37. The van der Waals surface area contributed by atoms with Crippen LogP contribution in [0.15, 0.2) is 12.4 Å². The van der Waals surface area contributed by atoms with Gasteiger partial charge in [0.15, 0.2) is 0 Å². The molecule has 0 saturated heterocycles. The summed E-state index contributed by atoms with van der Waals surface area (Å²) in [6.07, 6.45) is 3.68. The zero-order valence-corrected chi connectivity index (χ0v) is 12.7. The lowest BCUT2D eigenvalue weighted by atomic mass is 10.3. The summed E-state index contributed by atoms with van der Waals surface area (Å²) in [6.45, 7) is 10.8. The van der Waals surface area contributed by atoms with Crippen LogP contribution in [0.25, 0.3) is 0 Å². The van der Waals surface area contributed by atoms with Crippen LogP contribution in [0.2, 0.25) is 0 Å². The average molecular weight is 266 g/mol. The van der Waals surface area contributed by atoms with Crippen molar-refractivity contribution in [3.05, 3.63) is 18.1 Å². The minimum absolute atomic E-state index is 0.379. The van der Waals surface area contributed by atoms with Gasteiger partial charge in [0.1, 0.15) is 5.82 Å². The lowest BCUT2D eigenvalue weighted by Gasteiger charge is -2.27. The fourth-order valence-electron chi connectivity index (χ4n) is 1.72. The molecule has 108 valence electrons. The van der Waals surface area contributed by atoms with Gasteiger partial charge in [0, 0.05) is 32.3 Å². The Balaban J connectivity index is 2.66. The molecule has 0 bridgehead atoms. The van der Waals surface area contributed by atoms with E-state index in [1.807, 2.05) is 12.4 Å². The van der Waals surface area contributed by atoms with Gasteiger partial charge in [-0.2, -0.15) is 0 Å². The lowest BCUT2D eigenvalue weighted by molar-refractivity contribution is 0.203. The first kappa shape index (κ1) is 15.9. The number of ether oxygens (including phenoxy) is 1. The first-order valence-electron chi connectivity index (χ1n) is 6.84. The van der Waals surface area contributed by atoms with Crippen molar-refractivity contribution < 1.29 is 4.74 Å². The Morgan fingerprint density at radius 1 is 1.21 bits per heavy atom. The second-order valence-corrected chi connectivity index (χ2v) is 5.18. The van der Waals surface area contributed by atoms with Gasteiger partial charge < -0.3 is 15.0 Å². The van der Waals surface area contributed by atoms with Crippen molar-refractivity contribution >= 4 is 5.82 Å². The molecule has 0 fully saturated rings. The van der Waals surface area contributed by atoms with Gasteiger partial charge in [-0.25, -0.2) is 4.98 Å². The molecule has 0 aromatic carbocycles. The fraction of sp³-hybridized carbons (Fsp3) is 0.714. The number of methoxy groups -OCH3 is 1. The van der Waals surface area contributed by atoms with Crippen molar-refractivity contribution in [3.63, 3.8) is 0 Å². The van der Waals surface area contributed by atoms with Gasteiger partial charge in [0.05, 0.1) is 24.7 Å². The Morgan fingerprint density at radius 3 is 2.42 bits per heavy atom. The van der Waals surface area contributed by atoms with E-state index in [4.69, 9.17) is 4.74 Å². The number of hydrogen-bond donors (Lipinski definition) is 1. The molecule has 1 N–H and O–H groups in total. The van der Waals surface area contributed by atoms with E-state index < -0.39 is 0 Å². The van der Waals surface area contributed by atoms with Gasteiger partial charge in [-0.1, -0.05) is 13.8 Å². The molecule has 0 radical (unpaired) electrons. The van der Waals surface area contributed by atoms with Crippen LogP contribution in [0.4, 0.5) is 5.82 Å². The molecule has 0 saturated carbocycles. The van der Waals surface area contributed by atoms with E-state index in [2.05, 4.69) is 47.9 Å². The van der Waals surface area contributed by atoms with Crippen molar-refractivity contribution in [1.29, 1.82) is 0 Å². The van der Waals surface area contributed by atoms with Crippen molar-refractivity contribution in [2.75, 3.05) is 25.2 Å². The van der Waals surface area contributed by atoms with Crippen LogP contribution < -0.4 is 10.2 Å². The van der Waals surface area contributed by atoms with E-state index in [9.17, 15) is 0 Å². The maximum absolute atomic E-state index is 5.13. The summed E-state index contributed by atoms with van der Waals surface area (Å²) in [5.74, 6) is 0.903. The minimum Gasteiger partial charge on any atom is -0.383 e. The third-order valence-corrected chi connectivity index (χ3v) is 2.84. The number of hydrogen-bond acceptors (Lipinski definition) is 5. The van der Waals surface area contributed by atoms with E-state index in [1.165, 1.54) is 0 Å². The summed E-state index contributed by atoms with van der Waals surface area (Å²) in [4.78, 5) is 11.1. The monoisotopic (exact) mass is 266 g/mol. The second kappa shape index (κ2) is 8.07. The zero-order chi connectivity index (χ0) is 14.3. The predicted octanol–water partition coefficient (Wildman–Crippen LogP) is 1.84. The van der Waals surface area contributed by atoms with E-state index in [0.29, 0.717) is 18.7 Å². The molecule has 1 aromatic rings. The highest BCUT2D eigenvalue weighted by molar-refractivity contribution is 5.36. The number of rotatable bonds is 8.